The molecule has 24 heavy (non-hydrogen) atoms. The van der Waals surface area contributed by atoms with Gasteiger partial charge in [-0.05, 0) is 0 Å². The van der Waals surface area contributed by atoms with Crippen molar-refractivity contribution in [1.29, 1.82) is 0 Å². The summed E-state index contributed by atoms with van der Waals surface area (Å²) in [4.78, 5) is 1.65. The van der Waals surface area contributed by atoms with Gasteiger partial charge >= 0.3 is 0 Å². The zero-order valence-corrected chi connectivity index (χ0v) is 14.7. The number of nitrogens with zero attached hydrogens (tertiary/aromatic N) is 2. The summed E-state index contributed by atoms with van der Waals surface area (Å²) in [5.41, 5.74) is -0.126. The highest BCUT2D eigenvalue weighted by Gasteiger charge is 2.35. The number of methoxy groups -OCH3 is 1. The van der Waals surface area contributed by atoms with E-state index < -0.39 is 33.7 Å². The molecule has 136 valence electrons. The highest BCUT2D eigenvalue weighted by atomic mass is 32.2. The molecule has 0 amide bonds. The number of rotatable bonds is 6. The van der Waals surface area contributed by atoms with E-state index in [1.165, 1.54) is 21.2 Å². The Morgan fingerprint density at radius 2 is 1.88 bits per heavy atom. The summed E-state index contributed by atoms with van der Waals surface area (Å²) in [5.74, 6) is -2.08. The van der Waals surface area contributed by atoms with E-state index in [9.17, 15) is 22.3 Å². The van der Waals surface area contributed by atoms with E-state index in [2.05, 4.69) is 0 Å². The molecule has 0 spiro atoms. The number of aliphatic hydroxyl groups excluding tert-OH is 1. The van der Waals surface area contributed by atoms with E-state index in [-0.39, 0.29) is 36.7 Å². The molecule has 0 aromatic heterocycles. The summed E-state index contributed by atoms with van der Waals surface area (Å²) in [7, 11) is 0.720. The first-order chi connectivity index (χ1) is 11.1. The van der Waals surface area contributed by atoms with Crippen molar-refractivity contribution in [2.45, 2.75) is 12.6 Å². The summed E-state index contributed by atoms with van der Waals surface area (Å²) < 4.78 is 57.8. The number of aliphatic hydroxyl groups is 1. The van der Waals surface area contributed by atoms with Crippen LogP contribution in [0.3, 0.4) is 0 Å². The van der Waals surface area contributed by atoms with Gasteiger partial charge in [0, 0.05) is 57.3 Å². The van der Waals surface area contributed by atoms with Crippen LogP contribution in [0.2, 0.25) is 0 Å². The fourth-order valence-electron chi connectivity index (χ4n) is 2.73. The third kappa shape index (κ3) is 4.21. The lowest BCUT2D eigenvalue weighted by molar-refractivity contribution is 0.147. The molecule has 0 aliphatic carbocycles. The smallest absolute Gasteiger partial charge is 0.214 e. The van der Waals surface area contributed by atoms with Crippen LogP contribution in [0.4, 0.5) is 8.78 Å². The second-order valence-corrected chi connectivity index (χ2v) is 8.38. The van der Waals surface area contributed by atoms with Gasteiger partial charge in [-0.25, -0.2) is 21.5 Å². The number of hydrogen-bond acceptors (Lipinski definition) is 5. The molecule has 1 heterocycles. The minimum Gasteiger partial charge on any atom is -0.497 e. The average Bonchev–Trinajstić information content (AvgIpc) is 2.81. The Bertz CT molecular complexity index is 674. The van der Waals surface area contributed by atoms with Crippen molar-refractivity contribution in [3.05, 3.63) is 29.3 Å². The molecule has 0 radical (unpaired) electrons. The summed E-state index contributed by atoms with van der Waals surface area (Å²) in [6.45, 7) is 0.370. The van der Waals surface area contributed by atoms with Crippen LogP contribution in [-0.2, 0) is 16.6 Å². The Hall–Kier alpha value is -1.29. The molecule has 0 unspecified atom stereocenters. The molecular weight excluding hydrogens is 342 g/mol. The molecule has 2 atom stereocenters. The molecule has 9 heteroatoms. The van der Waals surface area contributed by atoms with E-state index in [0.717, 1.165) is 16.4 Å². The van der Waals surface area contributed by atoms with Crippen LogP contribution in [0.15, 0.2) is 12.1 Å². The molecule has 6 nitrogen and oxygen atoms in total. The van der Waals surface area contributed by atoms with Crippen LogP contribution >= 0.6 is 0 Å². The van der Waals surface area contributed by atoms with Crippen molar-refractivity contribution >= 4 is 10.0 Å². The van der Waals surface area contributed by atoms with Crippen molar-refractivity contribution < 1.29 is 27.0 Å². The fraction of sp³-hybridized carbons (Fsp3) is 0.600. The van der Waals surface area contributed by atoms with E-state index in [1.54, 1.807) is 4.90 Å². The molecule has 1 aliphatic rings. The monoisotopic (exact) mass is 364 g/mol. The van der Waals surface area contributed by atoms with Crippen LogP contribution in [0, 0.1) is 17.6 Å². The Kier molecular flexibility index (Phi) is 5.79. The fourth-order valence-corrected chi connectivity index (χ4v) is 3.89. The van der Waals surface area contributed by atoms with Gasteiger partial charge in [0.25, 0.3) is 0 Å². The van der Waals surface area contributed by atoms with Crippen molar-refractivity contribution in [2.24, 2.45) is 5.92 Å². The van der Waals surface area contributed by atoms with Crippen molar-refractivity contribution in [3.63, 3.8) is 0 Å². The number of hydrogen-bond donors (Lipinski definition) is 1. The van der Waals surface area contributed by atoms with Gasteiger partial charge in [-0.3, -0.25) is 4.90 Å². The number of sulfonamides is 1. The number of ether oxygens (including phenoxy) is 1. The lowest BCUT2D eigenvalue weighted by Gasteiger charge is -2.18. The van der Waals surface area contributed by atoms with E-state index in [1.807, 2.05) is 0 Å². The minimum absolute atomic E-state index is 0.0444. The average molecular weight is 364 g/mol. The van der Waals surface area contributed by atoms with Gasteiger partial charge in [0.1, 0.15) is 17.4 Å². The second kappa shape index (κ2) is 7.30. The van der Waals surface area contributed by atoms with Gasteiger partial charge in [0.05, 0.1) is 19.0 Å². The van der Waals surface area contributed by atoms with Crippen molar-refractivity contribution in [3.8, 4) is 5.75 Å². The molecule has 0 saturated carbocycles. The molecule has 1 fully saturated rings. The molecular formula is C15H22F2N2O4S. The maximum absolute atomic E-state index is 14.0. The van der Waals surface area contributed by atoms with Crippen molar-refractivity contribution in [1.82, 2.24) is 9.21 Å². The van der Waals surface area contributed by atoms with Gasteiger partial charge in [-0.2, -0.15) is 0 Å². The predicted octanol–water partition coefficient (Wildman–Crippen LogP) is 0.657. The van der Waals surface area contributed by atoms with E-state index in [4.69, 9.17) is 4.74 Å². The molecule has 1 N–H and O–H groups in total. The van der Waals surface area contributed by atoms with Gasteiger partial charge in [-0.1, -0.05) is 0 Å². The minimum atomic E-state index is -3.45. The predicted molar refractivity (Wildman–Crippen MR) is 85.2 cm³/mol. The maximum atomic E-state index is 14.0. The first kappa shape index (κ1) is 19.0. The van der Waals surface area contributed by atoms with Gasteiger partial charge in [-0.15, -0.1) is 0 Å². The SMILES string of the molecule is COc1cc(F)c(CN2C[C@@H](CS(=O)(=O)N(C)C)[C@H](O)C2)c(F)c1. The Balaban J connectivity index is 2.08. The van der Waals surface area contributed by atoms with Gasteiger partial charge in [0.15, 0.2) is 0 Å². The zero-order chi connectivity index (χ0) is 18.1. The molecule has 1 aliphatic heterocycles. The largest absolute Gasteiger partial charge is 0.497 e. The zero-order valence-electron chi connectivity index (χ0n) is 13.9. The number of β-amino-alcohol motifs (C(OH)–C–C–N with tert-alkyl or cyclic N) is 1. The summed E-state index contributed by atoms with van der Waals surface area (Å²) in [5, 5.41) is 10.1. The van der Waals surface area contributed by atoms with Crippen LogP contribution in [-0.4, -0.2) is 68.9 Å². The van der Waals surface area contributed by atoms with E-state index in [0.29, 0.717) is 0 Å². The lowest BCUT2D eigenvalue weighted by atomic mass is 10.1. The quantitative estimate of drug-likeness (QED) is 0.803. The number of benzene rings is 1. The summed E-state index contributed by atoms with van der Waals surface area (Å²) in [6, 6.07) is 2.19. The van der Waals surface area contributed by atoms with Gasteiger partial charge < -0.3 is 9.84 Å². The highest BCUT2D eigenvalue weighted by molar-refractivity contribution is 7.89. The topological polar surface area (TPSA) is 70.1 Å². The normalized spacial score (nSPS) is 22.3. The molecule has 2 rings (SSSR count). The maximum Gasteiger partial charge on any atom is 0.214 e. The van der Waals surface area contributed by atoms with Crippen molar-refractivity contribution in [2.75, 3.05) is 40.0 Å². The Labute approximate surface area is 140 Å². The first-order valence-corrected chi connectivity index (χ1v) is 9.07. The van der Waals surface area contributed by atoms with Crippen LogP contribution < -0.4 is 4.74 Å². The molecule has 1 aromatic carbocycles. The van der Waals surface area contributed by atoms with Crippen LogP contribution in [0.1, 0.15) is 5.56 Å². The molecule has 0 bridgehead atoms. The highest BCUT2D eigenvalue weighted by Crippen LogP contribution is 2.26. The third-order valence-corrected chi connectivity index (χ3v) is 6.16. The summed E-state index contributed by atoms with van der Waals surface area (Å²) in [6.07, 6.45) is -0.857. The third-order valence-electron chi connectivity index (χ3n) is 4.20. The van der Waals surface area contributed by atoms with E-state index >= 15 is 0 Å². The lowest BCUT2D eigenvalue weighted by Crippen LogP contribution is -2.33. The first-order valence-electron chi connectivity index (χ1n) is 7.46. The molecule has 1 aromatic rings. The van der Waals surface area contributed by atoms with Gasteiger partial charge in [0.2, 0.25) is 10.0 Å². The Morgan fingerprint density at radius 1 is 1.29 bits per heavy atom. The summed E-state index contributed by atoms with van der Waals surface area (Å²) >= 11 is 0. The second-order valence-electron chi connectivity index (χ2n) is 6.15. The number of halogens is 2. The standard InChI is InChI=1S/C15H22F2N2O4S/c1-18(2)24(21,22)9-10-6-19(8-15(10)20)7-12-13(16)4-11(23-3)5-14(12)17/h4-5,10,15,20H,6-9H2,1-3H3/t10-,15+/m0/s1. The van der Waals surface area contributed by atoms with Crippen LogP contribution in [0.5, 0.6) is 5.75 Å². The van der Waals surface area contributed by atoms with Crippen LogP contribution in [0.25, 0.3) is 0 Å². The number of likely N-dealkylation sites (tertiary alicyclic amines) is 1. The Morgan fingerprint density at radius 3 is 2.38 bits per heavy atom. The molecule has 1 saturated heterocycles.